The summed E-state index contributed by atoms with van der Waals surface area (Å²) in [6.07, 6.45) is 5.33. The van der Waals surface area contributed by atoms with Gasteiger partial charge in [0, 0.05) is 11.7 Å². The van der Waals surface area contributed by atoms with Gasteiger partial charge in [0.1, 0.15) is 17.6 Å². The molecule has 0 aliphatic heterocycles. The summed E-state index contributed by atoms with van der Waals surface area (Å²) in [6, 6.07) is 13.9. The molecule has 4 rings (SSSR count). The maximum Gasteiger partial charge on any atom is 0.248 e. The van der Waals surface area contributed by atoms with Crippen LogP contribution in [0, 0.1) is 5.82 Å². The monoisotopic (exact) mass is 480 g/mol. The third-order valence-corrected chi connectivity index (χ3v) is 6.93. The van der Waals surface area contributed by atoms with Crippen molar-refractivity contribution in [3.05, 3.63) is 82.3 Å². The number of ether oxygens (including phenoxy) is 1. The molecule has 1 N–H and O–H groups in total. The van der Waals surface area contributed by atoms with Crippen molar-refractivity contribution in [2.45, 2.75) is 50.6 Å². The molecule has 1 saturated carbocycles. The van der Waals surface area contributed by atoms with Crippen molar-refractivity contribution in [2.24, 2.45) is 0 Å². The minimum atomic E-state index is -0.929. The largest absolute Gasteiger partial charge is 0.497 e. The van der Waals surface area contributed by atoms with E-state index in [-0.39, 0.29) is 24.3 Å². The number of halogens is 1. The summed E-state index contributed by atoms with van der Waals surface area (Å²) in [4.78, 5) is 28.9. The Kier molecular flexibility index (Phi) is 7.95. The van der Waals surface area contributed by atoms with Gasteiger partial charge >= 0.3 is 0 Å². The summed E-state index contributed by atoms with van der Waals surface area (Å²) in [6.45, 7) is 0. The first-order chi connectivity index (χ1) is 16.5. The Morgan fingerprint density at radius 3 is 2.38 bits per heavy atom. The summed E-state index contributed by atoms with van der Waals surface area (Å²) in [7, 11) is 1.58. The van der Waals surface area contributed by atoms with Crippen molar-refractivity contribution in [1.82, 2.24) is 5.32 Å². The molecule has 5 nitrogen and oxygen atoms in total. The maximum atomic E-state index is 13.7. The molecule has 1 atom stereocenters. The molecule has 0 spiro atoms. The molecular weight excluding hydrogens is 451 g/mol. The fourth-order valence-corrected chi connectivity index (χ4v) is 5.09. The van der Waals surface area contributed by atoms with E-state index in [4.69, 9.17) is 4.74 Å². The lowest BCUT2D eigenvalue weighted by molar-refractivity contribution is -0.127. The van der Waals surface area contributed by atoms with Gasteiger partial charge in [-0.3, -0.25) is 14.5 Å². The van der Waals surface area contributed by atoms with E-state index in [0.29, 0.717) is 17.0 Å². The van der Waals surface area contributed by atoms with Crippen LogP contribution in [0.2, 0.25) is 0 Å². The number of hydrogen-bond donors (Lipinski definition) is 1. The fourth-order valence-electron chi connectivity index (χ4n) is 4.42. The average molecular weight is 481 g/mol. The number of benzene rings is 2. The molecule has 0 saturated heterocycles. The average Bonchev–Trinajstić information content (AvgIpc) is 3.37. The number of nitrogens with one attached hydrogen (secondary N) is 1. The van der Waals surface area contributed by atoms with E-state index in [2.05, 4.69) is 5.32 Å². The van der Waals surface area contributed by atoms with Gasteiger partial charge in [0.2, 0.25) is 11.8 Å². The fraction of sp³-hybridized carbons (Fsp3) is 0.333. The molecule has 0 unspecified atom stereocenters. The minimum absolute atomic E-state index is 0.0777. The first kappa shape index (κ1) is 24.0. The lowest BCUT2D eigenvalue weighted by Crippen LogP contribution is -2.47. The summed E-state index contributed by atoms with van der Waals surface area (Å²) < 4.78 is 19.0. The Bertz CT molecular complexity index is 1080. The van der Waals surface area contributed by atoms with E-state index in [9.17, 15) is 14.0 Å². The summed E-state index contributed by atoms with van der Waals surface area (Å²) in [5.74, 6) is -0.209. The molecule has 178 valence electrons. The number of carbonyl (C=O) groups excluding carboxylic acids is 2. The second-order valence-corrected chi connectivity index (χ2v) is 9.35. The number of hydrogen-bond acceptors (Lipinski definition) is 4. The van der Waals surface area contributed by atoms with Gasteiger partial charge in [-0.05, 0) is 77.2 Å². The predicted octanol–water partition coefficient (Wildman–Crippen LogP) is 5.66. The SMILES string of the molecule is COc1ccc(N(C(=O)Cc2ccsc2)[C@H](C(=O)NC2CCCCC2)c2ccc(F)cc2)cc1. The van der Waals surface area contributed by atoms with Gasteiger partial charge in [-0.2, -0.15) is 11.3 Å². The van der Waals surface area contributed by atoms with Crippen LogP contribution in [0.4, 0.5) is 10.1 Å². The zero-order valence-electron chi connectivity index (χ0n) is 19.2. The summed E-state index contributed by atoms with van der Waals surface area (Å²) in [5, 5.41) is 7.02. The molecule has 1 heterocycles. The van der Waals surface area contributed by atoms with Gasteiger partial charge in [0.15, 0.2) is 0 Å². The lowest BCUT2D eigenvalue weighted by atomic mass is 9.94. The van der Waals surface area contributed by atoms with E-state index >= 15 is 0 Å². The van der Waals surface area contributed by atoms with Gasteiger partial charge in [-0.25, -0.2) is 4.39 Å². The van der Waals surface area contributed by atoms with Crippen molar-refractivity contribution in [3.8, 4) is 5.75 Å². The molecule has 0 bridgehead atoms. The molecule has 3 aromatic rings. The first-order valence-corrected chi connectivity index (χ1v) is 12.5. The number of rotatable bonds is 8. The Morgan fingerprint density at radius 2 is 1.76 bits per heavy atom. The highest BCUT2D eigenvalue weighted by Gasteiger charge is 2.34. The molecule has 7 heteroatoms. The highest BCUT2D eigenvalue weighted by molar-refractivity contribution is 7.08. The van der Waals surface area contributed by atoms with Crippen LogP contribution < -0.4 is 15.0 Å². The molecule has 1 aliphatic carbocycles. The van der Waals surface area contributed by atoms with Crippen LogP contribution >= 0.6 is 11.3 Å². The number of anilines is 1. The zero-order chi connectivity index (χ0) is 23.9. The Morgan fingerprint density at radius 1 is 1.06 bits per heavy atom. The van der Waals surface area contributed by atoms with E-state index < -0.39 is 11.9 Å². The Labute approximate surface area is 203 Å². The number of nitrogens with zero attached hydrogens (tertiary/aromatic N) is 1. The Balaban J connectivity index is 1.73. The van der Waals surface area contributed by atoms with Crippen LogP contribution in [0.1, 0.15) is 49.3 Å². The third kappa shape index (κ3) is 5.83. The van der Waals surface area contributed by atoms with Crippen LogP contribution in [-0.2, 0) is 16.0 Å². The lowest BCUT2D eigenvalue weighted by Gasteiger charge is -2.33. The molecule has 1 aliphatic rings. The van der Waals surface area contributed by atoms with E-state index in [1.807, 2.05) is 16.8 Å². The quantitative estimate of drug-likeness (QED) is 0.453. The predicted molar refractivity (Wildman–Crippen MR) is 133 cm³/mol. The van der Waals surface area contributed by atoms with E-state index in [1.54, 1.807) is 43.5 Å². The van der Waals surface area contributed by atoms with E-state index in [1.165, 1.54) is 34.8 Å². The van der Waals surface area contributed by atoms with Crippen LogP contribution in [0.15, 0.2) is 65.4 Å². The molecule has 0 radical (unpaired) electrons. The van der Waals surface area contributed by atoms with Crippen LogP contribution in [-0.4, -0.2) is 25.0 Å². The maximum absolute atomic E-state index is 13.7. The smallest absolute Gasteiger partial charge is 0.248 e. The molecule has 2 aromatic carbocycles. The van der Waals surface area contributed by atoms with Gasteiger partial charge in [-0.15, -0.1) is 0 Å². The zero-order valence-corrected chi connectivity index (χ0v) is 20.0. The number of amides is 2. The number of methoxy groups -OCH3 is 1. The van der Waals surface area contributed by atoms with Crippen molar-refractivity contribution in [3.63, 3.8) is 0 Å². The van der Waals surface area contributed by atoms with Gasteiger partial charge in [-0.1, -0.05) is 31.4 Å². The molecule has 2 amide bonds. The normalized spacial score (nSPS) is 14.9. The highest BCUT2D eigenvalue weighted by Crippen LogP contribution is 2.31. The minimum Gasteiger partial charge on any atom is -0.497 e. The number of carbonyl (C=O) groups is 2. The molecule has 34 heavy (non-hydrogen) atoms. The third-order valence-electron chi connectivity index (χ3n) is 6.20. The molecule has 1 aromatic heterocycles. The van der Waals surface area contributed by atoms with Crippen LogP contribution in [0.25, 0.3) is 0 Å². The standard InChI is InChI=1S/C27H29FN2O3S/c1-33-24-13-11-23(12-14-24)30(25(31)17-19-15-16-34-18-19)26(20-7-9-21(28)10-8-20)27(32)29-22-5-3-2-4-6-22/h7-16,18,22,26H,2-6,17H2,1H3,(H,29,32)/t26-/m0/s1. The van der Waals surface area contributed by atoms with Crippen molar-refractivity contribution in [1.29, 1.82) is 0 Å². The van der Waals surface area contributed by atoms with Crippen molar-refractivity contribution >= 4 is 28.8 Å². The van der Waals surface area contributed by atoms with Gasteiger partial charge in [0.05, 0.1) is 13.5 Å². The van der Waals surface area contributed by atoms with Crippen molar-refractivity contribution in [2.75, 3.05) is 12.0 Å². The molecular formula is C27H29FN2O3S. The summed E-state index contributed by atoms with van der Waals surface area (Å²) >= 11 is 1.52. The first-order valence-electron chi connectivity index (χ1n) is 11.6. The molecule has 1 fully saturated rings. The van der Waals surface area contributed by atoms with E-state index in [0.717, 1.165) is 31.2 Å². The topological polar surface area (TPSA) is 58.6 Å². The second-order valence-electron chi connectivity index (χ2n) is 8.57. The van der Waals surface area contributed by atoms with Crippen LogP contribution in [0.5, 0.6) is 5.75 Å². The van der Waals surface area contributed by atoms with Crippen molar-refractivity contribution < 1.29 is 18.7 Å². The summed E-state index contributed by atoms with van der Waals surface area (Å²) in [5.41, 5.74) is 2.03. The van der Waals surface area contributed by atoms with Crippen LogP contribution in [0.3, 0.4) is 0 Å². The number of thiophene rings is 1. The van der Waals surface area contributed by atoms with Gasteiger partial charge in [0.25, 0.3) is 0 Å². The second kappa shape index (κ2) is 11.3. The highest BCUT2D eigenvalue weighted by atomic mass is 32.1. The van der Waals surface area contributed by atoms with Gasteiger partial charge < -0.3 is 10.1 Å². The Hall–Kier alpha value is -3.19.